The van der Waals surface area contributed by atoms with Crippen LogP contribution in [0.2, 0.25) is 0 Å². The number of nitrogens with zero attached hydrogens (tertiary/aromatic N) is 3. The van der Waals surface area contributed by atoms with Gasteiger partial charge in [-0.3, -0.25) is 35.8 Å². The average molecular weight is 409 g/mol. The van der Waals surface area contributed by atoms with Crippen LogP contribution in [0.3, 0.4) is 0 Å². The quantitative estimate of drug-likeness (QED) is 0.277. The Morgan fingerprint density at radius 2 is 1.50 bits per heavy atom. The molecule has 0 spiro atoms. The van der Waals surface area contributed by atoms with E-state index in [4.69, 9.17) is 16.2 Å². The first-order valence-electron chi connectivity index (χ1n) is 7.44. The Labute approximate surface area is 161 Å². The Bertz CT molecular complexity index is 857. The van der Waals surface area contributed by atoms with Crippen molar-refractivity contribution in [1.29, 1.82) is 5.41 Å². The second kappa shape index (κ2) is 10.4. The SMILES string of the molecule is N=C(N)SCCc1ccccc1.O=[N+]([O-])c1cc([N+](=O)[O-])c(O)c([N+](=O)[O-])c1. The largest absolute Gasteiger partial charge is 0.497 e. The number of phenols is 1. The Morgan fingerprint density at radius 1 is 1.00 bits per heavy atom. The zero-order valence-electron chi connectivity index (χ0n) is 14.2. The van der Waals surface area contributed by atoms with Crippen LogP contribution in [0.1, 0.15) is 5.56 Å². The molecule has 0 heterocycles. The van der Waals surface area contributed by atoms with Crippen molar-refractivity contribution in [3.8, 4) is 5.75 Å². The van der Waals surface area contributed by atoms with Crippen molar-refractivity contribution in [2.75, 3.05) is 5.75 Å². The van der Waals surface area contributed by atoms with Crippen molar-refractivity contribution in [2.24, 2.45) is 5.73 Å². The molecule has 0 aliphatic heterocycles. The highest BCUT2D eigenvalue weighted by atomic mass is 32.2. The number of benzene rings is 2. The van der Waals surface area contributed by atoms with Gasteiger partial charge < -0.3 is 10.8 Å². The van der Waals surface area contributed by atoms with Crippen molar-refractivity contribution >= 4 is 34.0 Å². The average Bonchev–Trinajstić information content (AvgIpc) is 2.62. The normalized spacial score (nSPS) is 9.71. The lowest BCUT2D eigenvalue weighted by Gasteiger charge is -1.98. The second-order valence-corrected chi connectivity index (χ2v) is 6.19. The summed E-state index contributed by atoms with van der Waals surface area (Å²) in [4.78, 5) is 27.8. The number of aryl methyl sites for hydroxylation is 1. The lowest BCUT2D eigenvalue weighted by atomic mass is 10.2. The van der Waals surface area contributed by atoms with E-state index in [-0.39, 0.29) is 5.17 Å². The maximum atomic E-state index is 10.4. The molecule has 28 heavy (non-hydrogen) atoms. The number of hydrogen-bond donors (Lipinski definition) is 3. The highest BCUT2D eigenvalue weighted by Gasteiger charge is 2.30. The molecular formula is C15H15N5O7S. The maximum absolute atomic E-state index is 10.4. The smallest absolute Gasteiger partial charge is 0.324 e. The van der Waals surface area contributed by atoms with E-state index < -0.39 is 37.6 Å². The molecule has 2 aromatic carbocycles. The minimum Gasteiger partial charge on any atom is -0.497 e. The Morgan fingerprint density at radius 3 is 1.89 bits per heavy atom. The number of nitro groups is 3. The summed E-state index contributed by atoms with van der Waals surface area (Å²) in [5.41, 5.74) is 3.50. The number of nitrogens with one attached hydrogen (secondary N) is 1. The molecule has 0 aromatic heterocycles. The molecule has 0 amide bonds. The number of amidine groups is 1. The number of nitrogens with two attached hydrogens (primary N) is 1. The number of nitro benzene ring substituents is 3. The van der Waals surface area contributed by atoms with E-state index in [1.807, 2.05) is 18.2 Å². The predicted octanol–water partition coefficient (Wildman–Crippen LogP) is 2.97. The summed E-state index contributed by atoms with van der Waals surface area (Å²) < 4.78 is 0. The third-order valence-corrected chi connectivity index (χ3v) is 3.87. The van der Waals surface area contributed by atoms with E-state index in [2.05, 4.69) is 12.1 Å². The van der Waals surface area contributed by atoms with Gasteiger partial charge in [0.25, 0.3) is 11.4 Å². The van der Waals surface area contributed by atoms with E-state index in [0.717, 1.165) is 12.2 Å². The monoisotopic (exact) mass is 409 g/mol. The summed E-state index contributed by atoms with van der Waals surface area (Å²) in [6.07, 6.45) is 0.977. The van der Waals surface area contributed by atoms with Crippen LogP contribution in [0.5, 0.6) is 5.75 Å². The zero-order chi connectivity index (χ0) is 21.3. The first-order valence-corrected chi connectivity index (χ1v) is 8.43. The number of phenolic OH excluding ortho intramolecular Hbond substituents is 1. The minimum absolute atomic E-state index is 0.200. The van der Waals surface area contributed by atoms with E-state index in [1.54, 1.807) is 0 Å². The van der Waals surface area contributed by atoms with Gasteiger partial charge in [0.15, 0.2) is 5.17 Å². The van der Waals surface area contributed by atoms with Crippen molar-refractivity contribution in [1.82, 2.24) is 0 Å². The molecule has 0 unspecified atom stereocenters. The highest BCUT2D eigenvalue weighted by Crippen LogP contribution is 2.38. The van der Waals surface area contributed by atoms with E-state index in [0.29, 0.717) is 12.1 Å². The first-order chi connectivity index (χ1) is 13.1. The van der Waals surface area contributed by atoms with E-state index in [9.17, 15) is 30.3 Å². The van der Waals surface area contributed by atoms with Gasteiger partial charge >= 0.3 is 11.4 Å². The van der Waals surface area contributed by atoms with Crippen molar-refractivity contribution < 1.29 is 19.9 Å². The number of rotatable bonds is 6. The van der Waals surface area contributed by atoms with Crippen LogP contribution in [-0.4, -0.2) is 30.8 Å². The van der Waals surface area contributed by atoms with E-state index >= 15 is 0 Å². The summed E-state index contributed by atoms with van der Waals surface area (Å²) in [6.45, 7) is 0. The van der Waals surface area contributed by atoms with Gasteiger partial charge in [0.1, 0.15) is 0 Å². The third kappa shape index (κ3) is 6.87. The van der Waals surface area contributed by atoms with Crippen molar-refractivity contribution in [2.45, 2.75) is 6.42 Å². The maximum Gasteiger partial charge on any atom is 0.324 e. The molecule has 0 aliphatic rings. The van der Waals surface area contributed by atoms with Gasteiger partial charge in [0.2, 0.25) is 0 Å². The Hall–Kier alpha value is -3.74. The molecule has 2 aromatic rings. The van der Waals surface area contributed by atoms with Gasteiger partial charge in [-0.1, -0.05) is 42.1 Å². The van der Waals surface area contributed by atoms with Crippen LogP contribution in [-0.2, 0) is 6.42 Å². The lowest BCUT2D eigenvalue weighted by molar-refractivity contribution is -0.404. The summed E-state index contributed by atoms with van der Waals surface area (Å²) >= 11 is 1.39. The standard InChI is InChI=1S/C9H12N2S.C6H3N3O7/c10-9(11)12-7-6-8-4-2-1-3-5-8;10-6-4(8(13)14)1-3(7(11)12)2-5(6)9(15)16/h1-5H,6-7H2,(H3,10,11);1-2,10H. The van der Waals surface area contributed by atoms with Crippen LogP contribution >= 0.6 is 11.8 Å². The molecule has 0 radical (unpaired) electrons. The molecule has 0 bridgehead atoms. The summed E-state index contributed by atoms with van der Waals surface area (Å²) in [7, 11) is 0. The molecular weight excluding hydrogens is 394 g/mol. The van der Waals surface area contributed by atoms with Gasteiger partial charge in [-0.15, -0.1) is 0 Å². The summed E-state index contributed by atoms with van der Waals surface area (Å²) in [5, 5.41) is 47.4. The Balaban J connectivity index is 0.000000292. The molecule has 12 nitrogen and oxygen atoms in total. The molecule has 148 valence electrons. The molecule has 0 atom stereocenters. The first kappa shape index (κ1) is 22.3. The fourth-order valence-electron chi connectivity index (χ4n) is 1.90. The van der Waals surface area contributed by atoms with Crippen molar-refractivity contribution in [3.05, 3.63) is 78.4 Å². The summed E-state index contributed by atoms with van der Waals surface area (Å²) in [6, 6.07) is 11.1. The fourth-order valence-corrected chi connectivity index (χ4v) is 2.45. The van der Waals surface area contributed by atoms with Gasteiger partial charge in [0.05, 0.1) is 26.9 Å². The minimum atomic E-state index is -1.21. The zero-order valence-corrected chi connectivity index (χ0v) is 15.0. The Kier molecular flexibility index (Phi) is 8.30. The molecule has 0 saturated carbocycles. The summed E-state index contributed by atoms with van der Waals surface area (Å²) in [5.74, 6) is -0.320. The number of thioether (sulfide) groups is 1. The highest BCUT2D eigenvalue weighted by molar-refractivity contribution is 8.13. The van der Waals surface area contributed by atoms with Crippen LogP contribution in [0.15, 0.2) is 42.5 Å². The second-order valence-electron chi connectivity index (χ2n) is 5.05. The number of hydrogen-bond acceptors (Lipinski definition) is 9. The molecule has 13 heteroatoms. The molecule has 0 fully saturated rings. The van der Waals surface area contributed by atoms with Crippen LogP contribution < -0.4 is 5.73 Å². The molecule has 0 aliphatic carbocycles. The number of non-ortho nitro benzene ring substituents is 1. The lowest BCUT2D eigenvalue weighted by Crippen LogP contribution is -2.05. The third-order valence-electron chi connectivity index (χ3n) is 3.15. The fraction of sp³-hybridized carbons (Fsp3) is 0.133. The molecule has 4 N–H and O–H groups in total. The van der Waals surface area contributed by atoms with Crippen LogP contribution in [0.4, 0.5) is 17.1 Å². The van der Waals surface area contributed by atoms with Gasteiger partial charge in [-0.25, -0.2) is 0 Å². The van der Waals surface area contributed by atoms with Gasteiger partial charge in [-0.05, 0) is 12.0 Å². The number of aromatic hydroxyl groups is 1. The predicted molar refractivity (Wildman–Crippen MR) is 103 cm³/mol. The van der Waals surface area contributed by atoms with Gasteiger partial charge in [-0.2, -0.15) is 0 Å². The molecule has 2 rings (SSSR count). The molecule has 0 saturated heterocycles. The van der Waals surface area contributed by atoms with Crippen LogP contribution in [0, 0.1) is 35.8 Å². The van der Waals surface area contributed by atoms with Crippen LogP contribution in [0.25, 0.3) is 0 Å². The van der Waals surface area contributed by atoms with Gasteiger partial charge in [0, 0.05) is 5.75 Å². The van der Waals surface area contributed by atoms with Crippen molar-refractivity contribution in [3.63, 3.8) is 0 Å². The topological polar surface area (TPSA) is 200 Å². The van der Waals surface area contributed by atoms with E-state index in [1.165, 1.54) is 17.3 Å².